The predicted octanol–water partition coefficient (Wildman–Crippen LogP) is 2.98. The topological polar surface area (TPSA) is 30.5 Å². The van der Waals surface area contributed by atoms with E-state index in [1.165, 1.54) is 11.1 Å². The van der Waals surface area contributed by atoms with Crippen molar-refractivity contribution in [2.24, 2.45) is 0 Å². The average Bonchev–Trinajstić information content (AvgIpc) is 3.06. The van der Waals surface area contributed by atoms with Gasteiger partial charge in [0.1, 0.15) is 0 Å². The van der Waals surface area contributed by atoms with Gasteiger partial charge in [-0.15, -0.1) is 0 Å². The largest absolute Gasteiger partial charge is 0.454 e. The van der Waals surface area contributed by atoms with Crippen LogP contribution >= 0.6 is 11.3 Å². The maximum atomic E-state index is 5.40. The molecule has 2 aromatic rings. The lowest BCUT2D eigenvalue weighted by molar-refractivity contribution is 0.174. The molecule has 1 aromatic carbocycles. The molecule has 1 N–H and O–H groups in total. The molecule has 1 atom stereocenters. The number of nitrogens with one attached hydrogen (secondary N) is 1. The molecular formula is C14H15NO2S. The molecule has 0 radical (unpaired) electrons. The van der Waals surface area contributed by atoms with E-state index in [-0.39, 0.29) is 0 Å². The Morgan fingerprint density at radius 2 is 2.17 bits per heavy atom. The minimum atomic E-state index is 0.332. The Bertz CT molecular complexity index is 525. The smallest absolute Gasteiger partial charge is 0.231 e. The van der Waals surface area contributed by atoms with Crippen molar-refractivity contribution in [3.63, 3.8) is 0 Å². The second-order valence-corrected chi connectivity index (χ2v) is 5.07. The number of rotatable bonds is 4. The van der Waals surface area contributed by atoms with Crippen LogP contribution in [0.15, 0.2) is 35.0 Å². The number of benzene rings is 1. The van der Waals surface area contributed by atoms with Crippen LogP contribution in [0, 0.1) is 0 Å². The SMILES string of the molecule is CNC(Cc1ccc2c(c1)OCO2)c1ccsc1. The summed E-state index contributed by atoms with van der Waals surface area (Å²) in [5.41, 5.74) is 2.59. The van der Waals surface area contributed by atoms with Crippen LogP contribution in [-0.2, 0) is 6.42 Å². The minimum absolute atomic E-state index is 0.332. The minimum Gasteiger partial charge on any atom is -0.454 e. The Morgan fingerprint density at radius 1 is 1.28 bits per heavy atom. The summed E-state index contributed by atoms with van der Waals surface area (Å²) >= 11 is 1.73. The molecule has 0 fully saturated rings. The van der Waals surface area contributed by atoms with Crippen LogP contribution in [0.2, 0.25) is 0 Å². The summed E-state index contributed by atoms with van der Waals surface area (Å²) in [5, 5.41) is 7.65. The molecule has 0 spiro atoms. The zero-order valence-electron chi connectivity index (χ0n) is 10.2. The molecule has 18 heavy (non-hydrogen) atoms. The molecule has 0 saturated heterocycles. The van der Waals surface area contributed by atoms with E-state index in [0.29, 0.717) is 12.8 Å². The summed E-state index contributed by atoms with van der Waals surface area (Å²) in [7, 11) is 2.00. The van der Waals surface area contributed by atoms with Gasteiger partial charge in [0, 0.05) is 6.04 Å². The lowest BCUT2D eigenvalue weighted by Gasteiger charge is -2.15. The van der Waals surface area contributed by atoms with Crippen molar-refractivity contribution in [2.45, 2.75) is 12.5 Å². The van der Waals surface area contributed by atoms with Gasteiger partial charge in [-0.05, 0) is 53.6 Å². The van der Waals surface area contributed by atoms with E-state index in [9.17, 15) is 0 Å². The summed E-state index contributed by atoms with van der Waals surface area (Å²) in [4.78, 5) is 0. The molecule has 4 heteroatoms. The lowest BCUT2D eigenvalue weighted by Crippen LogP contribution is -2.18. The van der Waals surface area contributed by atoms with Crippen molar-refractivity contribution in [3.05, 3.63) is 46.2 Å². The number of ether oxygens (including phenoxy) is 2. The molecule has 94 valence electrons. The van der Waals surface area contributed by atoms with Crippen molar-refractivity contribution < 1.29 is 9.47 Å². The van der Waals surface area contributed by atoms with Crippen molar-refractivity contribution in [3.8, 4) is 11.5 Å². The van der Waals surface area contributed by atoms with Gasteiger partial charge < -0.3 is 14.8 Å². The van der Waals surface area contributed by atoms with Gasteiger partial charge in [0.2, 0.25) is 6.79 Å². The molecule has 0 saturated carbocycles. The molecule has 3 nitrogen and oxygen atoms in total. The fourth-order valence-electron chi connectivity index (χ4n) is 2.16. The Hall–Kier alpha value is -1.52. The van der Waals surface area contributed by atoms with Gasteiger partial charge in [-0.1, -0.05) is 6.07 Å². The maximum absolute atomic E-state index is 5.40. The number of fused-ring (bicyclic) bond motifs is 1. The van der Waals surface area contributed by atoms with Crippen LogP contribution in [0.4, 0.5) is 0 Å². The third-order valence-corrected chi connectivity index (χ3v) is 3.87. The van der Waals surface area contributed by atoms with Crippen LogP contribution < -0.4 is 14.8 Å². The summed E-state index contributed by atoms with van der Waals surface area (Å²) in [6, 6.07) is 8.66. The van der Waals surface area contributed by atoms with Gasteiger partial charge >= 0.3 is 0 Å². The van der Waals surface area contributed by atoms with Gasteiger partial charge in [-0.2, -0.15) is 11.3 Å². The summed E-state index contributed by atoms with van der Waals surface area (Å²) in [6.07, 6.45) is 0.948. The molecule has 2 heterocycles. The summed E-state index contributed by atoms with van der Waals surface area (Å²) < 4.78 is 10.7. The monoisotopic (exact) mass is 261 g/mol. The zero-order chi connectivity index (χ0) is 12.4. The molecule has 1 aromatic heterocycles. The Labute approximate surface area is 110 Å². The number of hydrogen-bond donors (Lipinski definition) is 1. The zero-order valence-corrected chi connectivity index (χ0v) is 11.0. The van der Waals surface area contributed by atoms with E-state index < -0.39 is 0 Å². The Morgan fingerprint density at radius 3 is 2.94 bits per heavy atom. The molecular weight excluding hydrogens is 246 g/mol. The quantitative estimate of drug-likeness (QED) is 0.917. The van der Waals surface area contributed by atoms with Gasteiger partial charge in [0.25, 0.3) is 0 Å². The highest BCUT2D eigenvalue weighted by atomic mass is 32.1. The van der Waals surface area contributed by atoms with Crippen LogP contribution in [0.3, 0.4) is 0 Å². The lowest BCUT2D eigenvalue weighted by atomic mass is 10.0. The molecule has 1 aliphatic heterocycles. The first-order chi connectivity index (χ1) is 8.86. The van der Waals surface area contributed by atoms with Crippen LogP contribution in [0.5, 0.6) is 11.5 Å². The fourth-order valence-corrected chi connectivity index (χ4v) is 2.88. The van der Waals surface area contributed by atoms with Crippen molar-refractivity contribution >= 4 is 11.3 Å². The second-order valence-electron chi connectivity index (χ2n) is 4.29. The molecule has 0 bridgehead atoms. The molecule has 1 unspecified atom stereocenters. The normalized spacial score (nSPS) is 14.7. The van der Waals surface area contributed by atoms with E-state index in [0.717, 1.165) is 17.9 Å². The first kappa shape index (κ1) is 11.6. The first-order valence-corrected chi connectivity index (χ1v) is 6.89. The summed E-state index contributed by atoms with van der Waals surface area (Å²) in [5.74, 6) is 1.70. The molecule has 1 aliphatic rings. The van der Waals surface area contributed by atoms with E-state index >= 15 is 0 Å². The van der Waals surface area contributed by atoms with Gasteiger partial charge in [-0.25, -0.2) is 0 Å². The van der Waals surface area contributed by atoms with Gasteiger partial charge in [0.05, 0.1) is 0 Å². The van der Waals surface area contributed by atoms with E-state index in [2.05, 4.69) is 34.3 Å². The molecule has 0 amide bonds. The highest BCUT2D eigenvalue weighted by Gasteiger charge is 2.16. The Balaban J connectivity index is 1.79. The fraction of sp³-hybridized carbons (Fsp3) is 0.286. The van der Waals surface area contributed by atoms with Gasteiger partial charge in [-0.3, -0.25) is 0 Å². The van der Waals surface area contributed by atoms with Crippen molar-refractivity contribution in [1.82, 2.24) is 5.32 Å². The van der Waals surface area contributed by atoms with Crippen molar-refractivity contribution in [2.75, 3.05) is 13.8 Å². The van der Waals surface area contributed by atoms with Crippen LogP contribution in [-0.4, -0.2) is 13.8 Å². The van der Waals surface area contributed by atoms with Crippen molar-refractivity contribution in [1.29, 1.82) is 0 Å². The summed E-state index contributed by atoms with van der Waals surface area (Å²) in [6.45, 7) is 0.332. The standard InChI is InChI=1S/C14H15NO2S/c1-15-12(11-4-5-18-8-11)6-10-2-3-13-14(7-10)17-9-16-13/h2-5,7-8,12,15H,6,9H2,1H3. The molecule has 0 aliphatic carbocycles. The first-order valence-electron chi connectivity index (χ1n) is 5.94. The average molecular weight is 261 g/mol. The Kier molecular flexibility index (Phi) is 3.21. The van der Waals surface area contributed by atoms with Crippen LogP contribution in [0.25, 0.3) is 0 Å². The molecule has 3 rings (SSSR count). The van der Waals surface area contributed by atoms with Crippen LogP contribution in [0.1, 0.15) is 17.2 Å². The van der Waals surface area contributed by atoms with E-state index in [1.54, 1.807) is 11.3 Å². The maximum Gasteiger partial charge on any atom is 0.231 e. The van der Waals surface area contributed by atoms with E-state index in [1.807, 2.05) is 13.1 Å². The third-order valence-electron chi connectivity index (χ3n) is 3.17. The van der Waals surface area contributed by atoms with Gasteiger partial charge in [0.15, 0.2) is 11.5 Å². The highest BCUT2D eigenvalue weighted by Crippen LogP contribution is 2.33. The second kappa shape index (κ2) is 5.00. The third kappa shape index (κ3) is 2.21. The number of hydrogen-bond acceptors (Lipinski definition) is 4. The number of thiophene rings is 1. The number of likely N-dealkylation sites (N-methyl/N-ethyl adjacent to an activating group) is 1. The van der Waals surface area contributed by atoms with E-state index in [4.69, 9.17) is 9.47 Å². The highest BCUT2D eigenvalue weighted by molar-refractivity contribution is 7.07. The predicted molar refractivity (Wildman–Crippen MR) is 72.4 cm³/mol.